The highest BCUT2D eigenvalue weighted by atomic mass is 32.1. The summed E-state index contributed by atoms with van der Waals surface area (Å²) in [5.74, 6) is -0.0327. The van der Waals surface area contributed by atoms with Gasteiger partial charge in [-0.2, -0.15) is 11.3 Å². The average molecular weight is 274 g/mol. The molecule has 0 radical (unpaired) electrons. The predicted octanol–water partition coefficient (Wildman–Crippen LogP) is 2.49. The Morgan fingerprint density at radius 2 is 2.05 bits per heavy atom. The Bertz CT molecular complexity index is 563. The molecular weight excluding hydrogens is 256 g/mol. The monoisotopic (exact) mass is 274 g/mol. The number of amides is 1. The number of carbonyl (C=O) groups excluding carboxylic acids is 1. The molecule has 0 spiro atoms. The van der Waals surface area contributed by atoms with Gasteiger partial charge < -0.3 is 11.1 Å². The van der Waals surface area contributed by atoms with Crippen molar-refractivity contribution in [3.63, 3.8) is 0 Å². The number of hydrogen-bond acceptors (Lipinski definition) is 3. The summed E-state index contributed by atoms with van der Waals surface area (Å²) in [4.78, 5) is 12.2. The van der Waals surface area contributed by atoms with E-state index in [0.717, 1.165) is 17.5 Å². The SMILES string of the molecule is Cc1cscc1CNC(=O)c1ccccc1CCN. The lowest BCUT2D eigenvalue weighted by molar-refractivity contribution is 0.0950. The van der Waals surface area contributed by atoms with Gasteiger partial charge in [-0.05, 0) is 53.4 Å². The summed E-state index contributed by atoms with van der Waals surface area (Å²) in [6.07, 6.45) is 0.723. The molecular formula is C15H18N2OS. The van der Waals surface area contributed by atoms with Crippen molar-refractivity contribution in [1.82, 2.24) is 5.32 Å². The number of nitrogens with two attached hydrogens (primary N) is 1. The highest BCUT2D eigenvalue weighted by molar-refractivity contribution is 7.08. The first-order chi connectivity index (χ1) is 9.22. The van der Waals surface area contributed by atoms with Crippen molar-refractivity contribution < 1.29 is 4.79 Å². The number of thiophene rings is 1. The maximum atomic E-state index is 12.2. The topological polar surface area (TPSA) is 55.1 Å². The van der Waals surface area contributed by atoms with Crippen molar-refractivity contribution in [3.8, 4) is 0 Å². The van der Waals surface area contributed by atoms with Gasteiger partial charge in [0.25, 0.3) is 5.91 Å². The van der Waals surface area contributed by atoms with Crippen molar-refractivity contribution in [2.24, 2.45) is 5.73 Å². The number of nitrogens with one attached hydrogen (secondary N) is 1. The van der Waals surface area contributed by atoms with Crippen LogP contribution in [-0.4, -0.2) is 12.5 Å². The summed E-state index contributed by atoms with van der Waals surface area (Å²) >= 11 is 1.66. The van der Waals surface area contributed by atoms with Crippen molar-refractivity contribution in [1.29, 1.82) is 0 Å². The lowest BCUT2D eigenvalue weighted by atomic mass is 10.0. The molecule has 0 fully saturated rings. The summed E-state index contributed by atoms with van der Waals surface area (Å²) < 4.78 is 0. The van der Waals surface area contributed by atoms with Gasteiger partial charge in [-0.3, -0.25) is 4.79 Å². The van der Waals surface area contributed by atoms with E-state index in [1.165, 1.54) is 11.1 Å². The predicted molar refractivity (Wildman–Crippen MR) is 79.4 cm³/mol. The first-order valence-electron chi connectivity index (χ1n) is 6.30. The zero-order chi connectivity index (χ0) is 13.7. The van der Waals surface area contributed by atoms with Crippen LogP contribution in [0.2, 0.25) is 0 Å². The molecule has 2 aromatic rings. The second-order valence-electron chi connectivity index (χ2n) is 4.46. The van der Waals surface area contributed by atoms with E-state index in [9.17, 15) is 4.79 Å². The van der Waals surface area contributed by atoms with Gasteiger partial charge in [0.05, 0.1) is 0 Å². The lowest BCUT2D eigenvalue weighted by Gasteiger charge is -2.09. The van der Waals surface area contributed by atoms with Crippen LogP contribution >= 0.6 is 11.3 Å². The zero-order valence-electron chi connectivity index (χ0n) is 11.0. The van der Waals surface area contributed by atoms with E-state index < -0.39 is 0 Å². The van der Waals surface area contributed by atoms with Gasteiger partial charge in [0.2, 0.25) is 0 Å². The van der Waals surface area contributed by atoms with E-state index in [0.29, 0.717) is 13.1 Å². The molecule has 2 rings (SSSR count). The number of carbonyl (C=O) groups is 1. The second-order valence-corrected chi connectivity index (χ2v) is 5.20. The van der Waals surface area contributed by atoms with Gasteiger partial charge in [-0.25, -0.2) is 0 Å². The fraction of sp³-hybridized carbons (Fsp3) is 0.267. The highest BCUT2D eigenvalue weighted by Gasteiger charge is 2.10. The van der Waals surface area contributed by atoms with E-state index in [2.05, 4.69) is 23.0 Å². The maximum Gasteiger partial charge on any atom is 0.251 e. The first-order valence-corrected chi connectivity index (χ1v) is 7.24. The maximum absolute atomic E-state index is 12.2. The highest BCUT2D eigenvalue weighted by Crippen LogP contribution is 2.14. The molecule has 0 bridgehead atoms. The minimum absolute atomic E-state index is 0.0327. The number of rotatable bonds is 5. The fourth-order valence-corrected chi connectivity index (χ4v) is 2.81. The van der Waals surface area contributed by atoms with Crippen LogP contribution in [0.15, 0.2) is 35.0 Å². The largest absolute Gasteiger partial charge is 0.348 e. The van der Waals surface area contributed by atoms with E-state index in [4.69, 9.17) is 5.73 Å². The number of hydrogen-bond donors (Lipinski definition) is 2. The molecule has 0 aliphatic heterocycles. The molecule has 100 valence electrons. The van der Waals surface area contributed by atoms with Gasteiger partial charge in [0.15, 0.2) is 0 Å². The summed E-state index contributed by atoms with van der Waals surface area (Å²) in [5.41, 5.74) is 9.70. The molecule has 1 heterocycles. The Balaban J connectivity index is 2.06. The molecule has 0 saturated heterocycles. The molecule has 3 N–H and O–H groups in total. The van der Waals surface area contributed by atoms with Crippen LogP contribution in [0.4, 0.5) is 0 Å². The molecule has 3 nitrogen and oxygen atoms in total. The quantitative estimate of drug-likeness (QED) is 0.880. The third kappa shape index (κ3) is 3.43. The zero-order valence-corrected chi connectivity index (χ0v) is 11.8. The van der Waals surface area contributed by atoms with Crippen molar-refractivity contribution in [3.05, 3.63) is 57.3 Å². The summed E-state index contributed by atoms with van der Waals surface area (Å²) in [6, 6.07) is 7.62. The van der Waals surface area contributed by atoms with Crippen LogP contribution in [0.1, 0.15) is 27.0 Å². The normalized spacial score (nSPS) is 10.4. The summed E-state index contributed by atoms with van der Waals surface area (Å²) in [7, 11) is 0. The van der Waals surface area contributed by atoms with E-state index in [1.54, 1.807) is 11.3 Å². The molecule has 0 atom stereocenters. The molecule has 0 aliphatic carbocycles. The minimum Gasteiger partial charge on any atom is -0.348 e. The molecule has 0 unspecified atom stereocenters. The lowest BCUT2D eigenvalue weighted by Crippen LogP contribution is -2.24. The Morgan fingerprint density at radius 1 is 1.26 bits per heavy atom. The Labute approximate surface area is 117 Å². The third-order valence-corrected chi connectivity index (χ3v) is 3.99. The van der Waals surface area contributed by atoms with Crippen LogP contribution in [0.5, 0.6) is 0 Å². The number of benzene rings is 1. The molecule has 1 aromatic carbocycles. The standard InChI is InChI=1S/C15H18N2OS/c1-11-9-19-10-13(11)8-17-15(18)14-5-3-2-4-12(14)6-7-16/h2-5,9-10H,6-8,16H2,1H3,(H,17,18). The van der Waals surface area contributed by atoms with Crippen molar-refractivity contribution in [2.75, 3.05) is 6.54 Å². The summed E-state index contributed by atoms with van der Waals surface area (Å²) in [6.45, 7) is 3.18. The van der Waals surface area contributed by atoms with Gasteiger partial charge in [-0.15, -0.1) is 0 Å². The molecule has 0 saturated carbocycles. The molecule has 19 heavy (non-hydrogen) atoms. The fourth-order valence-electron chi connectivity index (χ4n) is 1.95. The van der Waals surface area contributed by atoms with E-state index in [1.807, 2.05) is 24.3 Å². The number of aryl methyl sites for hydroxylation is 1. The summed E-state index contributed by atoms with van der Waals surface area (Å²) in [5, 5.41) is 7.13. The minimum atomic E-state index is -0.0327. The third-order valence-electron chi connectivity index (χ3n) is 3.08. The van der Waals surface area contributed by atoms with Crippen molar-refractivity contribution >= 4 is 17.2 Å². The molecule has 0 aliphatic rings. The van der Waals surface area contributed by atoms with Crippen LogP contribution < -0.4 is 11.1 Å². The molecule has 4 heteroatoms. The van der Waals surface area contributed by atoms with Crippen LogP contribution in [0, 0.1) is 6.92 Å². The van der Waals surface area contributed by atoms with Crippen LogP contribution in [0.25, 0.3) is 0 Å². The van der Waals surface area contributed by atoms with Crippen LogP contribution in [-0.2, 0) is 13.0 Å². The van der Waals surface area contributed by atoms with Gasteiger partial charge in [-0.1, -0.05) is 18.2 Å². The van der Waals surface area contributed by atoms with E-state index in [-0.39, 0.29) is 5.91 Å². The molecule has 1 amide bonds. The van der Waals surface area contributed by atoms with Gasteiger partial charge in [0, 0.05) is 12.1 Å². The average Bonchev–Trinajstić information content (AvgIpc) is 2.82. The van der Waals surface area contributed by atoms with E-state index >= 15 is 0 Å². The molecule has 1 aromatic heterocycles. The smallest absolute Gasteiger partial charge is 0.251 e. The Hall–Kier alpha value is -1.65. The first kappa shape index (κ1) is 13.8. The second kappa shape index (κ2) is 6.50. The van der Waals surface area contributed by atoms with Crippen LogP contribution in [0.3, 0.4) is 0 Å². The Morgan fingerprint density at radius 3 is 2.74 bits per heavy atom. The van der Waals surface area contributed by atoms with Gasteiger partial charge >= 0.3 is 0 Å². The van der Waals surface area contributed by atoms with Gasteiger partial charge in [0.1, 0.15) is 0 Å². The van der Waals surface area contributed by atoms with Crippen molar-refractivity contribution in [2.45, 2.75) is 19.9 Å². The Kier molecular flexibility index (Phi) is 4.71.